The number of benzene rings is 1. The molecule has 1 aliphatic carbocycles. The number of nitrogens with one attached hydrogen (secondary N) is 2. The molecule has 0 radical (unpaired) electrons. The molecule has 0 bridgehead atoms. The lowest BCUT2D eigenvalue weighted by Gasteiger charge is -2.25. The van der Waals surface area contributed by atoms with Gasteiger partial charge in [-0.05, 0) is 42.5 Å². The van der Waals surface area contributed by atoms with Crippen LogP contribution in [-0.4, -0.2) is 16.9 Å². The Bertz CT molecular complexity index is 656. The molecule has 5 nitrogen and oxygen atoms in total. The van der Waals surface area contributed by atoms with E-state index in [2.05, 4.69) is 33.9 Å². The topological polar surface area (TPSA) is 80.0 Å². The van der Waals surface area contributed by atoms with Crippen LogP contribution in [0.3, 0.4) is 0 Å². The van der Waals surface area contributed by atoms with Gasteiger partial charge in [-0.1, -0.05) is 24.3 Å². The van der Waals surface area contributed by atoms with Crippen molar-refractivity contribution in [3.05, 3.63) is 59.4 Å². The van der Waals surface area contributed by atoms with E-state index in [4.69, 9.17) is 5.84 Å². The molecule has 108 valence electrons. The van der Waals surface area contributed by atoms with Crippen LogP contribution in [0, 0.1) is 0 Å². The van der Waals surface area contributed by atoms with Gasteiger partial charge in [0.05, 0.1) is 5.69 Å². The van der Waals surface area contributed by atoms with Crippen LogP contribution in [0.15, 0.2) is 42.6 Å². The van der Waals surface area contributed by atoms with E-state index in [0.717, 1.165) is 19.3 Å². The smallest absolute Gasteiger partial charge is 0.270 e. The second kappa shape index (κ2) is 5.93. The van der Waals surface area contributed by atoms with Crippen molar-refractivity contribution in [1.82, 2.24) is 10.3 Å². The number of aromatic nitrogens is 1. The molecule has 1 aromatic carbocycles. The Morgan fingerprint density at radius 1 is 1.24 bits per heavy atom. The fourth-order valence-corrected chi connectivity index (χ4v) is 2.72. The van der Waals surface area contributed by atoms with Crippen LogP contribution in [0.2, 0.25) is 0 Å². The zero-order chi connectivity index (χ0) is 14.7. The first-order chi connectivity index (χ1) is 10.3. The zero-order valence-corrected chi connectivity index (χ0v) is 11.7. The maximum absolute atomic E-state index is 12.3. The van der Waals surface area contributed by atoms with Gasteiger partial charge in [0.1, 0.15) is 5.69 Å². The van der Waals surface area contributed by atoms with Gasteiger partial charge in [0, 0.05) is 12.2 Å². The summed E-state index contributed by atoms with van der Waals surface area (Å²) in [5.74, 6) is 5.19. The first kappa shape index (κ1) is 13.6. The lowest BCUT2D eigenvalue weighted by Crippen LogP contribution is -2.39. The molecule has 0 spiro atoms. The molecule has 2 aromatic rings. The number of hydrogen-bond donors (Lipinski definition) is 3. The van der Waals surface area contributed by atoms with Gasteiger partial charge in [-0.25, -0.2) is 0 Å². The molecule has 0 saturated heterocycles. The molecule has 5 heteroatoms. The number of nitrogens with zero attached hydrogens (tertiary/aromatic N) is 1. The van der Waals surface area contributed by atoms with Crippen molar-refractivity contribution in [1.29, 1.82) is 0 Å². The Kier molecular flexibility index (Phi) is 3.83. The number of hydrogen-bond acceptors (Lipinski definition) is 4. The fraction of sp³-hybridized carbons (Fsp3) is 0.250. The van der Waals surface area contributed by atoms with E-state index in [9.17, 15) is 4.79 Å². The summed E-state index contributed by atoms with van der Waals surface area (Å²) in [6.45, 7) is 0. The van der Waals surface area contributed by atoms with E-state index >= 15 is 0 Å². The predicted molar refractivity (Wildman–Crippen MR) is 81.8 cm³/mol. The van der Waals surface area contributed by atoms with Crippen LogP contribution in [-0.2, 0) is 12.8 Å². The molecular formula is C16H18N4O. The number of hydrazine groups is 1. The highest BCUT2D eigenvalue weighted by molar-refractivity contribution is 5.93. The number of fused-ring (bicyclic) bond motifs is 1. The lowest BCUT2D eigenvalue weighted by molar-refractivity contribution is 0.0928. The van der Waals surface area contributed by atoms with Crippen LogP contribution >= 0.6 is 0 Å². The lowest BCUT2D eigenvalue weighted by atomic mass is 9.88. The number of carbonyl (C=O) groups excluding carboxylic acids is 1. The van der Waals surface area contributed by atoms with E-state index < -0.39 is 0 Å². The highest BCUT2D eigenvalue weighted by Gasteiger charge is 2.20. The molecule has 1 unspecified atom stereocenters. The number of aryl methyl sites for hydroxylation is 1. The van der Waals surface area contributed by atoms with E-state index in [1.165, 1.54) is 11.1 Å². The summed E-state index contributed by atoms with van der Waals surface area (Å²) in [4.78, 5) is 16.3. The molecule has 1 heterocycles. The van der Waals surface area contributed by atoms with Gasteiger partial charge < -0.3 is 10.7 Å². The van der Waals surface area contributed by atoms with Crippen molar-refractivity contribution in [3.8, 4) is 0 Å². The van der Waals surface area contributed by atoms with E-state index in [1.807, 2.05) is 6.07 Å². The second-order valence-electron chi connectivity index (χ2n) is 5.26. The molecule has 1 amide bonds. The first-order valence-corrected chi connectivity index (χ1v) is 7.06. The Hall–Kier alpha value is -2.40. The van der Waals surface area contributed by atoms with Crippen LogP contribution in [0.25, 0.3) is 0 Å². The quantitative estimate of drug-likeness (QED) is 0.591. The summed E-state index contributed by atoms with van der Waals surface area (Å²) in [6.07, 6.45) is 4.40. The van der Waals surface area contributed by atoms with Crippen LogP contribution < -0.4 is 16.6 Å². The van der Waals surface area contributed by atoms with Gasteiger partial charge in [-0.3, -0.25) is 15.6 Å². The van der Waals surface area contributed by atoms with E-state index in [-0.39, 0.29) is 11.9 Å². The number of nitrogens with two attached hydrogens (primary N) is 1. The second-order valence-corrected chi connectivity index (χ2v) is 5.26. The zero-order valence-electron chi connectivity index (χ0n) is 11.7. The van der Waals surface area contributed by atoms with Crippen molar-refractivity contribution in [2.24, 2.45) is 5.84 Å². The van der Waals surface area contributed by atoms with Crippen molar-refractivity contribution in [3.63, 3.8) is 0 Å². The number of rotatable bonds is 3. The summed E-state index contributed by atoms with van der Waals surface area (Å²) in [5, 5.41) is 3.06. The molecular weight excluding hydrogens is 264 g/mol. The third kappa shape index (κ3) is 3.03. The monoisotopic (exact) mass is 282 g/mol. The minimum Gasteiger partial charge on any atom is -0.348 e. The highest BCUT2D eigenvalue weighted by atomic mass is 16.1. The third-order valence-electron chi connectivity index (χ3n) is 3.84. The molecule has 4 N–H and O–H groups in total. The minimum absolute atomic E-state index is 0.156. The maximum Gasteiger partial charge on any atom is 0.270 e. The average Bonchev–Trinajstić information content (AvgIpc) is 2.54. The molecule has 1 aliphatic rings. The average molecular weight is 282 g/mol. The largest absolute Gasteiger partial charge is 0.348 e. The van der Waals surface area contributed by atoms with Gasteiger partial charge in [0.25, 0.3) is 5.91 Å². The van der Waals surface area contributed by atoms with Crippen LogP contribution in [0.4, 0.5) is 5.69 Å². The number of amides is 1. The summed E-state index contributed by atoms with van der Waals surface area (Å²) < 4.78 is 0. The Morgan fingerprint density at radius 2 is 2.05 bits per heavy atom. The van der Waals surface area contributed by atoms with Gasteiger partial charge in [0.15, 0.2) is 0 Å². The van der Waals surface area contributed by atoms with Crippen LogP contribution in [0.1, 0.15) is 28.0 Å². The molecule has 0 saturated carbocycles. The number of carbonyl (C=O) groups is 1. The maximum atomic E-state index is 12.3. The number of nitrogen functional groups attached to an aromatic ring is 1. The standard InChI is InChI=1S/C16H18N4O/c17-20-14-7-8-18-15(10-14)16(21)19-13-6-5-11-3-1-2-4-12(11)9-13/h1-4,7-8,10,13H,5-6,9,17H2,(H,18,20)(H,19,21). The number of pyridine rings is 1. The summed E-state index contributed by atoms with van der Waals surface area (Å²) >= 11 is 0. The molecule has 1 aromatic heterocycles. The minimum atomic E-state index is -0.156. The SMILES string of the molecule is NNc1ccnc(C(=O)NC2CCc3ccccc3C2)c1. The molecule has 1 atom stereocenters. The molecule has 0 aliphatic heterocycles. The van der Waals surface area contributed by atoms with Crippen molar-refractivity contribution >= 4 is 11.6 Å². The fourth-order valence-electron chi connectivity index (χ4n) is 2.72. The summed E-state index contributed by atoms with van der Waals surface area (Å²) in [5.41, 5.74) is 6.27. The van der Waals surface area contributed by atoms with E-state index in [1.54, 1.807) is 18.3 Å². The Balaban J connectivity index is 1.68. The van der Waals surface area contributed by atoms with Crippen molar-refractivity contribution in [2.45, 2.75) is 25.3 Å². The van der Waals surface area contributed by atoms with Crippen molar-refractivity contribution < 1.29 is 4.79 Å². The van der Waals surface area contributed by atoms with Gasteiger partial charge in [-0.15, -0.1) is 0 Å². The van der Waals surface area contributed by atoms with Gasteiger partial charge in [0.2, 0.25) is 0 Å². The highest BCUT2D eigenvalue weighted by Crippen LogP contribution is 2.21. The van der Waals surface area contributed by atoms with Gasteiger partial charge >= 0.3 is 0 Å². The van der Waals surface area contributed by atoms with Gasteiger partial charge in [-0.2, -0.15) is 0 Å². The predicted octanol–water partition coefficient (Wildman–Crippen LogP) is 1.65. The Labute approximate surface area is 123 Å². The molecule has 3 rings (SSSR count). The number of anilines is 1. The van der Waals surface area contributed by atoms with E-state index in [0.29, 0.717) is 11.4 Å². The summed E-state index contributed by atoms with van der Waals surface area (Å²) in [7, 11) is 0. The van der Waals surface area contributed by atoms with Crippen LogP contribution in [0.5, 0.6) is 0 Å². The Morgan fingerprint density at radius 3 is 2.86 bits per heavy atom. The molecule has 0 fully saturated rings. The first-order valence-electron chi connectivity index (χ1n) is 7.06. The summed E-state index contributed by atoms with van der Waals surface area (Å²) in [6, 6.07) is 11.9. The van der Waals surface area contributed by atoms with Crippen molar-refractivity contribution in [2.75, 3.05) is 5.43 Å². The third-order valence-corrected chi connectivity index (χ3v) is 3.84. The molecule has 21 heavy (non-hydrogen) atoms. The normalized spacial score (nSPS) is 16.9.